The molecule has 0 aliphatic carbocycles. The molecule has 27 heavy (non-hydrogen) atoms. The maximum absolute atomic E-state index is 5.88. The van der Waals surface area contributed by atoms with E-state index in [4.69, 9.17) is 4.74 Å². The molecule has 0 amide bonds. The van der Waals surface area contributed by atoms with Crippen LogP contribution in [0.15, 0.2) is 66.9 Å². The molecule has 5 aromatic rings. The van der Waals surface area contributed by atoms with Crippen LogP contribution < -0.4 is 10.1 Å². The zero-order chi connectivity index (χ0) is 18.2. The van der Waals surface area contributed by atoms with Gasteiger partial charge in [0.2, 0.25) is 5.95 Å². The van der Waals surface area contributed by atoms with Crippen molar-refractivity contribution in [2.24, 2.45) is 0 Å². The zero-order valence-electron chi connectivity index (χ0n) is 14.7. The van der Waals surface area contributed by atoms with Gasteiger partial charge in [0, 0.05) is 18.0 Å². The molecule has 6 nitrogen and oxygen atoms in total. The molecule has 0 radical (unpaired) electrons. The van der Waals surface area contributed by atoms with Crippen molar-refractivity contribution in [3.8, 4) is 11.5 Å². The molecule has 0 spiro atoms. The van der Waals surface area contributed by atoms with Crippen LogP contribution >= 0.6 is 0 Å². The molecule has 5 rings (SSSR count). The fraction of sp³-hybridized carbons (Fsp3) is 0.0476. The van der Waals surface area contributed by atoms with E-state index in [1.165, 1.54) is 0 Å². The molecule has 3 aromatic heterocycles. The number of imidazole rings is 1. The monoisotopic (exact) mass is 355 g/mol. The summed E-state index contributed by atoms with van der Waals surface area (Å²) in [7, 11) is 0. The first-order valence-electron chi connectivity index (χ1n) is 8.69. The summed E-state index contributed by atoms with van der Waals surface area (Å²) in [6.07, 6.45) is 1.90. The van der Waals surface area contributed by atoms with Gasteiger partial charge in [0.1, 0.15) is 17.0 Å². The molecule has 0 bridgehead atoms. The number of fused-ring (bicyclic) bond motifs is 2. The number of nitrogens with zero attached hydrogens (tertiary/aromatic N) is 2. The van der Waals surface area contributed by atoms with Crippen LogP contribution in [-0.4, -0.2) is 19.9 Å². The van der Waals surface area contributed by atoms with E-state index in [1.54, 1.807) is 0 Å². The number of hydrogen-bond acceptors (Lipinski definition) is 4. The second-order valence-electron chi connectivity index (χ2n) is 6.36. The number of H-pyrrole nitrogens is 2. The predicted octanol–water partition coefficient (Wildman–Crippen LogP) is 5.28. The van der Waals surface area contributed by atoms with Crippen molar-refractivity contribution >= 4 is 33.7 Å². The first-order chi connectivity index (χ1) is 13.2. The SMILES string of the molecule is Cc1ccc2[nH]cc(Nc3nc4cc(Oc5ccccc5)ccc4[nH]3)c2n1. The quantitative estimate of drug-likeness (QED) is 0.410. The van der Waals surface area contributed by atoms with Gasteiger partial charge in [-0.15, -0.1) is 0 Å². The molecule has 6 heteroatoms. The second-order valence-corrected chi connectivity index (χ2v) is 6.36. The summed E-state index contributed by atoms with van der Waals surface area (Å²) in [5.41, 5.74) is 5.49. The molecule has 132 valence electrons. The average molecular weight is 355 g/mol. The first kappa shape index (κ1) is 15.5. The van der Waals surface area contributed by atoms with Gasteiger partial charge < -0.3 is 20.0 Å². The Labute approximate surface area is 155 Å². The van der Waals surface area contributed by atoms with Gasteiger partial charge in [0.25, 0.3) is 0 Å². The van der Waals surface area contributed by atoms with E-state index in [9.17, 15) is 0 Å². The molecule has 0 saturated heterocycles. The summed E-state index contributed by atoms with van der Waals surface area (Å²) in [6, 6.07) is 19.5. The molecule has 0 unspecified atom stereocenters. The molecule has 0 saturated carbocycles. The molecular weight excluding hydrogens is 338 g/mol. The van der Waals surface area contributed by atoms with Crippen molar-refractivity contribution in [1.82, 2.24) is 19.9 Å². The van der Waals surface area contributed by atoms with Gasteiger partial charge in [-0.1, -0.05) is 18.2 Å². The Morgan fingerprint density at radius 1 is 0.889 bits per heavy atom. The van der Waals surface area contributed by atoms with Crippen LogP contribution in [0.4, 0.5) is 11.6 Å². The lowest BCUT2D eigenvalue weighted by atomic mass is 10.3. The lowest BCUT2D eigenvalue weighted by Gasteiger charge is -2.04. The van der Waals surface area contributed by atoms with Crippen molar-refractivity contribution in [2.45, 2.75) is 6.92 Å². The Kier molecular flexibility index (Phi) is 3.53. The van der Waals surface area contributed by atoms with Gasteiger partial charge in [0.05, 0.1) is 22.2 Å². The molecule has 3 heterocycles. The normalized spacial score (nSPS) is 11.1. The Balaban J connectivity index is 1.45. The molecular formula is C21H17N5O. The fourth-order valence-corrected chi connectivity index (χ4v) is 3.05. The van der Waals surface area contributed by atoms with Crippen molar-refractivity contribution in [3.63, 3.8) is 0 Å². The Hall–Kier alpha value is -3.80. The highest BCUT2D eigenvalue weighted by Gasteiger charge is 2.09. The molecule has 2 aromatic carbocycles. The van der Waals surface area contributed by atoms with Gasteiger partial charge in [0.15, 0.2) is 0 Å². The highest BCUT2D eigenvalue weighted by molar-refractivity contribution is 5.91. The summed E-state index contributed by atoms with van der Waals surface area (Å²) in [5, 5.41) is 3.31. The first-order valence-corrected chi connectivity index (χ1v) is 8.69. The second kappa shape index (κ2) is 6.17. The summed E-state index contributed by atoms with van der Waals surface area (Å²) in [4.78, 5) is 15.7. The topological polar surface area (TPSA) is 78.6 Å². The Morgan fingerprint density at radius 3 is 2.63 bits per heavy atom. The number of aromatic amines is 2. The van der Waals surface area contributed by atoms with E-state index in [2.05, 4.69) is 25.3 Å². The van der Waals surface area contributed by atoms with Crippen LogP contribution in [0.2, 0.25) is 0 Å². The van der Waals surface area contributed by atoms with E-state index < -0.39 is 0 Å². The van der Waals surface area contributed by atoms with Crippen LogP contribution in [0.5, 0.6) is 11.5 Å². The van der Waals surface area contributed by atoms with Crippen molar-refractivity contribution in [3.05, 3.63) is 72.6 Å². The largest absolute Gasteiger partial charge is 0.457 e. The van der Waals surface area contributed by atoms with Crippen LogP contribution in [0.25, 0.3) is 22.1 Å². The maximum atomic E-state index is 5.88. The molecule has 0 atom stereocenters. The number of para-hydroxylation sites is 1. The van der Waals surface area contributed by atoms with Crippen molar-refractivity contribution < 1.29 is 4.74 Å². The van der Waals surface area contributed by atoms with Crippen molar-refractivity contribution in [1.29, 1.82) is 0 Å². The van der Waals surface area contributed by atoms with Gasteiger partial charge >= 0.3 is 0 Å². The van der Waals surface area contributed by atoms with E-state index in [1.807, 2.05) is 73.8 Å². The zero-order valence-corrected chi connectivity index (χ0v) is 14.7. The number of ether oxygens (including phenoxy) is 1. The maximum Gasteiger partial charge on any atom is 0.205 e. The van der Waals surface area contributed by atoms with E-state index in [-0.39, 0.29) is 0 Å². The molecule has 0 aliphatic rings. The summed E-state index contributed by atoms with van der Waals surface area (Å²) >= 11 is 0. The molecule has 3 N–H and O–H groups in total. The standard InChI is InChI=1S/C21H17N5O/c1-13-7-9-17-20(23-13)19(12-22-17)26-21-24-16-10-8-15(11-18(16)25-21)27-14-5-3-2-4-6-14/h2-12,22H,1H3,(H2,24,25,26). The minimum absolute atomic E-state index is 0.658. The number of aryl methyl sites for hydroxylation is 1. The minimum Gasteiger partial charge on any atom is -0.457 e. The molecule has 0 aliphatic heterocycles. The minimum atomic E-state index is 0.658. The number of rotatable bonds is 4. The smallest absolute Gasteiger partial charge is 0.205 e. The van der Waals surface area contributed by atoms with Crippen LogP contribution in [0.3, 0.4) is 0 Å². The Morgan fingerprint density at radius 2 is 1.74 bits per heavy atom. The third kappa shape index (κ3) is 2.97. The number of nitrogens with one attached hydrogen (secondary N) is 3. The Bertz CT molecular complexity index is 1240. The number of aromatic nitrogens is 4. The third-order valence-corrected chi connectivity index (χ3v) is 4.35. The van der Waals surface area contributed by atoms with Crippen LogP contribution in [0.1, 0.15) is 5.69 Å². The van der Waals surface area contributed by atoms with E-state index in [0.717, 1.165) is 44.9 Å². The highest BCUT2D eigenvalue weighted by Crippen LogP contribution is 2.28. The highest BCUT2D eigenvalue weighted by atomic mass is 16.5. The van der Waals surface area contributed by atoms with E-state index in [0.29, 0.717) is 5.95 Å². The summed E-state index contributed by atoms with van der Waals surface area (Å²) in [5.74, 6) is 2.20. The lowest BCUT2D eigenvalue weighted by molar-refractivity contribution is 0.483. The lowest BCUT2D eigenvalue weighted by Crippen LogP contribution is -1.92. The number of benzene rings is 2. The van der Waals surface area contributed by atoms with Crippen LogP contribution in [0, 0.1) is 6.92 Å². The molecule has 0 fully saturated rings. The average Bonchev–Trinajstić information content (AvgIpc) is 3.26. The van der Waals surface area contributed by atoms with Crippen molar-refractivity contribution in [2.75, 3.05) is 5.32 Å². The van der Waals surface area contributed by atoms with Gasteiger partial charge in [-0.3, -0.25) is 0 Å². The summed E-state index contributed by atoms with van der Waals surface area (Å²) < 4.78 is 5.88. The fourth-order valence-electron chi connectivity index (χ4n) is 3.05. The number of hydrogen-bond donors (Lipinski definition) is 3. The van der Waals surface area contributed by atoms with Gasteiger partial charge in [-0.2, -0.15) is 0 Å². The van der Waals surface area contributed by atoms with Gasteiger partial charge in [-0.25, -0.2) is 9.97 Å². The van der Waals surface area contributed by atoms with Crippen LogP contribution in [-0.2, 0) is 0 Å². The summed E-state index contributed by atoms with van der Waals surface area (Å²) in [6.45, 7) is 1.98. The third-order valence-electron chi connectivity index (χ3n) is 4.35. The predicted molar refractivity (Wildman–Crippen MR) is 107 cm³/mol. The number of anilines is 2. The van der Waals surface area contributed by atoms with Gasteiger partial charge in [-0.05, 0) is 43.3 Å². The number of pyridine rings is 1. The van der Waals surface area contributed by atoms with E-state index >= 15 is 0 Å².